The summed E-state index contributed by atoms with van der Waals surface area (Å²) in [6.45, 7) is 6.42. The van der Waals surface area contributed by atoms with E-state index in [1.54, 1.807) is 0 Å². The predicted molar refractivity (Wildman–Crippen MR) is 68.3 cm³/mol. The van der Waals surface area contributed by atoms with E-state index in [2.05, 4.69) is 22.1 Å². The Bertz CT molecular complexity index is 310. The molecule has 1 aliphatic rings. The average molecular weight is 235 g/mol. The van der Waals surface area contributed by atoms with Gasteiger partial charge in [0, 0.05) is 39.3 Å². The van der Waals surface area contributed by atoms with Crippen LogP contribution in [-0.4, -0.2) is 49.2 Å². The van der Waals surface area contributed by atoms with E-state index in [9.17, 15) is 0 Å². The normalized spacial score (nSPS) is 18.4. The highest BCUT2D eigenvalue weighted by Crippen LogP contribution is 2.06. The van der Waals surface area contributed by atoms with Crippen molar-refractivity contribution in [3.05, 3.63) is 35.9 Å². The fourth-order valence-electron chi connectivity index (χ4n) is 2.00. The first kappa shape index (κ1) is 12.5. The lowest BCUT2D eigenvalue weighted by atomic mass is 10.2. The maximum atomic E-state index is 5.77. The summed E-state index contributed by atoms with van der Waals surface area (Å²) in [5.74, 6) is 0. The van der Waals surface area contributed by atoms with Gasteiger partial charge in [0.1, 0.15) is 0 Å². The number of hydrogen-bond donors (Lipinski definition) is 1. The molecule has 1 aromatic rings. The van der Waals surface area contributed by atoms with Crippen LogP contribution >= 0.6 is 0 Å². The molecule has 0 aromatic heterocycles. The zero-order valence-corrected chi connectivity index (χ0v) is 10.2. The molecular formula is C13H21N3O. The Labute approximate surface area is 103 Å². The van der Waals surface area contributed by atoms with Crippen LogP contribution in [0.4, 0.5) is 0 Å². The van der Waals surface area contributed by atoms with Crippen molar-refractivity contribution in [2.75, 3.05) is 39.3 Å². The SMILES string of the molecule is NCCN1CCN(OCc2ccccc2)CC1. The van der Waals surface area contributed by atoms with Gasteiger partial charge in [-0.1, -0.05) is 30.3 Å². The van der Waals surface area contributed by atoms with Gasteiger partial charge >= 0.3 is 0 Å². The Kier molecular flexibility index (Phi) is 4.94. The summed E-state index contributed by atoms with van der Waals surface area (Å²) in [6, 6.07) is 10.3. The maximum Gasteiger partial charge on any atom is 0.0935 e. The monoisotopic (exact) mass is 235 g/mol. The second kappa shape index (κ2) is 6.71. The first-order valence-corrected chi connectivity index (χ1v) is 6.22. The van der Waals surface area contributed by atoms with E-state index >= 15 is 0 Å². The van der Waals surface area contributed by atoms with Crippen LogP contribution in [-0.2, 0) is 11.4 Å². The Morgan fingerprint density at radius 3 is 2.41 bits per heavy atom. The zero-order chi connectivity index (χ0) is 11.9. The van der Waals surface area contributed by atoms with Crippen molar-refractivity contribution in [3.63, 3.8) is 0 Å². The van der Waals surface area contributed by atoms with Crippen LogP contribution < -0.4 is 5.73 Å². The van der Waals surface area contributed by atoms with E-state index in [4.69, 9.17) is 10.6 Å². The minimum absolute atomic E-state index is 0.664. The molecule has 1 fully saturated rings. The largest absolute Gasteiger partial charge is 0.329 e. The number of hydroxylamine groups is 2. The summed E-state index contributed by atoms with van der Waals surface area (Å²) in [7, 11) is 0. The van der Waals surface area contributed by atoms with E-state index in [1.807, 2.05) is 18.2 Å². The molecule has 1 aliphatic heterocycles. The minimum atomic E-state index is 0.664. The standard InChI is InChI=1S/C13H21N3O/c14-6-7-15-8-10-16(11-9-15)17-12-13-4-2-1-3-5-13/h1-5H,6-12,14H2. The number of piperazine rings is 1. The van der Waals surface area contributed by atoms with E-state index in [0.717, 1.165) is 39.3 Å². The van der Waals surface area contributed by atoms with E-state index < -0.39 is 0 Å². The molecule has 1 heterocycles. The zero-order valence-electron chi connectivity index (χ0n) is 10.2. The van der Waals surface area contributed by atoms with Crippen molar-refractivity contribution in [2.24, 2.45) is 5.73 Å². The van der Waals surface area contributed by atoms with Crippen molar-refractivity contribution in [1.29, 1.82) is 0 Å². The molecule has 0 spiro atoms. The van der Waals surface area contributed by atoms with Crippen molar-refractivity contribution in [3.8, 4) is 0 Å². The molecule has 4 heteroatoms. The van der Waals surface area contributed by atoms with Gasteiger partial charge in [0.05, 0.1) is 6.61 Å². The van der Waals surface area contributed by atoms with Gasteiger partial charge in [-0.15, -0.1) is 0 Å². The van der Waals surface area contributed by atoms with E-state index in [0.29, 0.717) is 6.61 Å². The van der Waals surface area contributed by atoms with Crippen LogP contribution in [0.2, 0.25) is 0 Å². The van der Waals surface area contributed by atoms with Crippen molar-refractivity contribution in [2.45, 2.75) is 6.61 Å². The quantitative estimate of drug-likeness (QED) is 0.815. The van der Waals surface area contributed by atoms with Gasteiger partial charge in [0.15, 0.2) is 0 Å². The molecule has 1 aromatic carbocycles. The van der Waals surface area contributed by atoms with Crippen molar-refractivity contribution < 1.29 is 4.84 Å². The molecule has 0 bridgehead atoms. The molecule has 2 rings (SSSR count). The highest BCUT2D eigenvalue weighted by Gasteiger charge is 2.16. The van der Waals surface area contributed by atoms with Crippen LogP contribution in [0.5, 0.6) is 0 Å². The maximum absolute atomic E-state index is 5.77. The minimum Gasteiger partial charge on any atom is -0.329 e. The third-order valence-corrected chi connectivity index (χ3v) is 3.03. The molecule has 0 unspecified atom stereocenters. The Hall–Kier alpha value is -0.940. The van der Waals surface area contributed by atoms with Gasteiger partial charge in [-0.25, -0.2) is 0 Å². The summed E-state index contributed by atoms with van der Waals surface area (Å²) in [5.41, 5.74) is 6.76. The van der Waals surface area contributed by atoms with Crippen LogP contribution in [0.3, 0.4) is 0 Å². The van der Waals surface area contributed by atoms with E-state index in [-0.39, 0.29) is 0 Å². The third-order valence-electron chi connectivity index (χ3n) is 3.03. The summed E-state index contributed by atoms with van der Waals surface area (Å²) in [4.78, 5) is 8.15. The second-order valence-corrected chi connectivity index (χ2v) is 4.32. The number of benzene rings is 1. The number of hydrogen-bond acceptors (Lipinski definition) is 4. The fourth-order valence-corrected chi connectivity index (χ4v) is 2.00. The van der Waals surface area contributed by atoms with Crippen molar-refractivity contribution >= 4 is 0 Å². The third kappa shape index (κ3) is 4.09. The molecular weight excluding hydrogens is 214 g/mol. The van der Waals surface area contributed by atoms with Gasteiger partial charge in [-0.3, -0.25) is 9.74 Å². The second-order valence-electron chi connectivity index (χ2n) is 4.32. The molecule has 2 N–H and O–H groups in total. The molecule has 17 heavy (non-hydrogen) atoms. The summed E-state index contributed by atoms with van der Waals surface area (Å²) >= 11 is 0. The molecule has 0 radical (unpaired) electrons. The number of nitrogens with zero attached hydrogens (tertiary/aromatic N) is 2. The van der Waals surface area contributed by atoms with Crippen LogP contribution in [0.1, 0.15) is 5.56 Å². The average Bonchev–Trinajstić information content (AvgIpc) is 2.40. The van der Waals surface area contributed by atoms with Crippen LogP contribution in [0.25, 0.3) is 0 Å². The Balaban J connectivity index is 1.68. The van der Waals surface area contributed by atoms with Gasteiger partial charge in [-0.05, 0) is 5.56 Å². The van der Waals surface area contributed by atoms with Crippen molar-refractivity contribution in [1.82, 2.24) is 9.96 Å². The van der Waals surface area contributed by atoms with Crippen LogP contribution in [0, 0.1) is 0 Å². The molecule has 0 aliphatic carbocycles. The molecule has 0 atom stereocenters. The molecule has 1 saturated heterocycles. The molecule has 4 nitrogen and oxygen atoms in total. The van der Waals surface area contributed by atoms with Gasteiger partial charge < -0.3 is 5.73 Å². The highest BCUT2D eigenvalue weighted by molar-refractivity contribution is 5.13. The van der Waals surface area contributed by atoms with Gasteiger partial charge in [-0.2, -0.15) is 5.06 Å². The molecule has 94 valence electrons. The topological polar surface area (TPSA) is 41.7 Å². The lowest BCUT2D eigenvalue weighted by Gasteiger charge is -2.33. The lowest BCUT2D eigenvalue weighted by Crippen LogP contribution is -2.47. The smallest absolute Gasteiger partial charge is 0.0935 e. The Morgan fingerprint density at radius 2 is 1.76 bits per heavy atom. The summed E-state index contributed by atoms with van der Waals surface area (Å²) in [6.07, 6.45) is 0. The molecule has 0 saturated carbocycles. The van der Waals surface area contributed by atoms with Crippen LogP contribution in [0.15, 0.2) is 30.3 Å². The fraction of sp³-hybridized carbons (Fsp3) is 0.538. The first-order valence-electron chi connectivity index (χ1n) is 6.22. The van der Waals surface area contributed by atoms with E-state index in [1.165, 1.54) is 5.56 Å². The van der Waals surface area contributed by atoms with Gasteiger partial charge in [0.2, 0.25) is 0 Å². The first-order chi connectivity index (χ1) is 8.38. The number of nitrogens with two attached hydrogens (primary N) is 1. The highest BCUT2D eigenvalue weighted by atomic mass is 16.7. The lowest BCUT2D eigenvalue weighted by molar-refractivity contribution is -0.186. The number of rotatable bonds is 5. The predicted octanol–water partition coefficient (Wildman–Crippen LogP) is 0.695. The van der Waals surface area contributed by atoms with Gasteiger partial charge in [0.25, 0.3) is 0 Å². The Morgan fingerprint density at radius 1 is 1.06 bits per heavy atom. The molecule has 0 amide bonds. The summed E-state index contributed by atoms with van der Waals surface area (Å²) in [5, 5.41) is 2.06. The summed E-state index contributed by atoms with van der Waals surface area (Å²) < 4.78 is 0.